The van der Waals surface area contributed by atoms with Crippen LogP contribution in [0.2, 0.25) is 0 Å². The molecule has 1 heterocycles. The van der Waals surface area contributed by atoms with Gasteiger partial charge in [-0.3, -0.25) is 4.79 Å². The third-order valence-electron chi connectivity index (χ3n) is 4.18. The Hall–Kier alpha value is -2.22. The first-order valence-electron chi connectivity index (χ1n) is 7.92. The minimum absolute atomic E-state index is 0.152. The molecule has 0 aromatic heterocycles. The second-order valence-electron chi connectivity index (χ2n) is 6.01. The van der Waals surface area contributed by atoms with Crippen molar-refractivity contribution in [2.75, 3.05) is 26.0 Å². The zero-order chi connectivity index (χ0) is 18.0. The van der Waals surface area contributed by atoms with Gasteiger partial charge in [0.1, 0.15) is 0 Å². The van der Waals surface area contributed by atoms with Gasteiger partial charge in [0.05, 0.1) is 18.1 Å². The summed E-state index contributed by atoms with van der Waals surface area (Å²) < 4.78 is 30.8. The van der Waals surface area contributed by atoms with Crippen molar-refractivity contribution in [3.8, 4) is 0 Å². The summed E-state index contributed by atoms with van der Waals surface area (Å²) in [5.74, 6) is -0.284. The second kappa shape index (κ2) is 6.95. The summed E-state index contributed by atoms with van der Waals surface area (Å²) in [6, 6.07) is 11.7. The van der Waals surface area contributed by atoms with E-state index >= 15 is 0 Å². The van der Waals surface area contributed by atoms with Gasteiger partial charge in [-0.1, -0.05) is 12.1 Å². The highest BCUT2D eigenvalue weighted by atomic mass is 32.2. The number of sulfonamides is 1. The van der Waals surface area contributed by atoms with Gasteiger partial charge in [-0.05, 0) is 42.3 Å². The van der Waals surface area contributed by atoms with Crippen LogP contribution in [0.15, 0.2) is 47.4 Å². The smallest absolute Gasteiger partial charge is 0.255 e. The fraction of sp³-hybridized carbons (Fsp3) is 0.278. The van der Waals surface area contributed by atoms with Crippen molar-refractivity contribution in [1.29, 1.82) is 0 Å². The number of nitrogens with zero attached hydrogens (tertiary/aromatic N) is 1. The van der Waals surface area contributed by atoms with Crippen molar-refractivity contribution >= 4 is 21.6 Å². The van der Waals surface area contributed by atoms with E-state index in [0.29, 0.717) is 18.8 Å². The molecule has 1 N–H and O–H groups in total. The van der Waals surface area contributed by atoms with E-state index in [9.17, 15) is 13.2 Å². The minimum atomic E-state index is -3.51. The normalized spacial score (nSPS) is 14.2. The molecular weight excluding hydrogens is 340 g/mol. The molecule has 25 heavy (non-hydrogen) atoms. The van der Waals surface area contributed by atoms with Crippen LogP contribution in [0, 0.1) is 0 Å². The Morgan fingerprint density at radius 2 is 1.84 bits per heavy atom. The summed E-state index contributed by atoms with van der Waals surface area (Å²) in [4.78, 5) is 12.6. The van der Waals surface area contributed by atoms with Crippen LogP contribution in [0.4, 0.5) is 5.69 Å². The van der Waals surface area contributed by atoms with Gasteiger partial charge in [-0.25, -0.2) is 12.7 Å². The molecule has 0 saturated carbocycles. The minimum Gasteiger partial charge on any atom is -0.376 e. The number of carbonyl (C=O) groups is 1. The van der Waals surface area contributed by atoms with E-state index in [0.717, 1.165) is 22.0 Å². The van der Waals surface area contributed by atoms with Crippen molar-refractivity contribution in [1.82, 2.24) is 4.31 Å². The first kappa shape index (κ1) is 17.6. The molecule has 0 aliphatic carbocycles. The van der Waals surface area contributed by atoms with E-state index in [1.54, 1.807) is 0 Å². The molecule has 7 heteroatoms. The van der Waals surface area contributed by atoms with E-state index in [4.69, 9.17) is 4.74 Å². The highest BCUT2D eigenvalue weighted by Gasteiger charge is 2.19. The molecule has 1 amide bonds. The van der Waals surface area contributed by atoms with Crippen LogP contribution in [0.3, 0.4) is 0 Å². The zero-order valence-electron chi connectivity index (χ0n) is 14.2. The van der Waals surface area contributed by atoms with Crippen molar-refractivity contribution in [2.24, 2.45) is 0 Å². The summed E-state index contributed by atoms with van der Waals surface area (Å²) >= 11 is 0. The fourth-order valence-electron chi connectivity index (χ4n) is 2.70. The lowest BCUT2D eigenvalue weighted by molar-refractivity contribution is 0.102. The Labute approximate surface area is 147 Å². The number of amides is 1. The summed E-state index contributed by atoms with van der Waals surface area (Å²) in [5, 5.41) is 2.89. The number of fused-ring (bicyclic) bond motifs is 1. The Bertz CT molecular complexity index is 890. The van der Waals surface area contributed by atoms with Gasteiger partial charge in [-0.2, -0.15) is 0 Å². The molecule has 0 fully saturated rings. The summed E-state index contributed by atoms with van der Waals surface area (Å²) in [6.45, 7) is 1.16. The molecule has 0 spiro atoms. The maximum atomic E-state index is 12.5. The molecule has 0 radical (unpaired) electrons. The van der Waals surface area contributed by atoms with Crippen molar-refractivity contribution in [3.63, 3.8) is 0 Å². The number of nitrogens with one attached hydrogen (secondary N) is 1. The Balaban J connectivity index is 1.81. The van der Waals surface area contributed by atoms with E-state index in [-0.39, 0.29) is 10.8 Å². The third-order valence-corrected chi connectivity index (χ3v) is 6.01. The highest BCUT2D eigenvalue weighted by Crippen LogP contribution is 2.25. The monoisotopic (exact) mass is 360 g/mol. The fourth-order valence-corrected chi connectivity index (χ4v) is 3.60. The van der Waals surface area contributed by atoms with Gasteiger partial charge < -0.3 is 10.1 Å². The Kier molecular flexibility index (Phi) is 4.89. The molecule has 2 aromatic rings. The van der Waals surface area contributed by atoms with Crippen molar-refractivity contribution in [2.45, 2.75) is 17.9 Å². The number of hydrogen-bond acceptors (Lipinski definition) is 4. The van der Waals surface area contributed by atoms with E-state index in [1.807, 2.05) is 18.2 Å². The molecule has 0 saturated heterocycles. The molecular formula is C18H20N2O4S. The molecule has 3 rings (SSSR count). The van der Waals surface area contributed by atoms with Crippen molar-refractivity contribution in [3.05, 3.63) is 59.2 Å². The lowest BCUT2D eigenvalue weighted by Crippen LogP contribution is -2.22. The maximum Gasteiger partial charge on any atom is 0.255 e. The third kappa shape index (κ3) is 3.58. The quantitative estimate of drug-likeness (QED) is 0.907. The van der Waals surface area contributed by atoms with E-state index in [1.165, 1.54) is 43.9 Å². The molecule has 6 nitrogen and oxygen atoms in total. The summed E-state index contributed by atoms with van der Waals surface area (Å²) in [6.07, 6.45) is 0.829. The van der Waals surface area contributed by atoms with Crippen molar-refractivity contribution < 1.29 is 17.9 Å². The average molecular weight is 360 g/mol. The molecule has 2 aromatic carbocycles. The SMILES string of the molecule is CN(C)S(=O)(=O)c1ccc(C(=O)Nc2cccc3c2COCC3)cc1. The van der Waals surface area contributed by atoms with Crippen LogP contribution in [0.1, 0.15) is 21.5 Å². The molecule has 1 aliphatic rings. The molecule has 0 unspecified atom stereocenters. The van der Waals surface area contributed by atoms with Gasteiger partial charge in [0, 0.05) is 30.9 Å². The van der Waals surface area contributed by atoms with Gasteiger partial charge in [0.2, 0.25) is 10.0 Å². The highest BCUT2D eigenvalue weighted by molar-refractivity contribution is 7.89. The van der Waals surface area contributed by atoms with Crippen LogP contribution >= 0.6 is 0 Å². The van der Waals surface area contributed by atoms with Crippen LogP contribution in [-0.4, -0.2) is 39.3 Å². The standard InChI is InChI=1S/C18H20N2O4S/c1-20(2)25(22,23)15-8-6-14(7-9-15)18(21)19-17-5-3-4-13-10-11-24-12-16(13)17/h3-9H,10-12H2,1-2H3,(H,19,21). The van der Waals surface area contributed by atoms with Crippen LogP contribution in [0.5, 0.6) is 0 Å². The van der Waals surface area contributed by atoms with Gasteiger partial charge in [0.25, 0.3) is 5.91 Å². The molecule has 0 bridgehead atoms. The maximum absolute atomic E-state index is 12.5. The number of carbonyl (C=O) groups excluding carboxylic acids is 1. The predicted octanol–water partition coefficient (Wildman–Crippen LogP) is 2.26. The van der Waals surface area contributed by atoms with E-state index < -0.39 is 10.0 Å². The molecule has 1 aliphatic heterocycles. The Morgan fingerprint density at radius 3 is 2.52 bits per heavy atom. The second-order valence-corrected chi connectivity index (χ2v) is 8.16. The topological polar surface area (TPSA) is 75.7 Å². The molecule has 132 valence electrons. The number of anilines is 1. The van der Waals surface area contributed by atoms with Crippen LogP contribution < -0.4 is 5.32 Å². The Morgan fingerprint density at radius 1 is 1.12 bits per heavy atom. The van der Waals surface area contributed by atoms with E-state index in [2.05, 4.69) is 5.32 Å². The number of benzene rings is 2. The van der Waals surface area contributed by atoms with Crippen LogP contribution in [0.25, 0.3) is 0 Å². The van der Waals surface area contributed by atoms with Gasteiger partial charge in [-0.15, -0.1) is 0 Å². The summed E-state index contributed by atoms with van der Waals surface area (Å²) in [7, 11) is -0.568. The van der Waals surface area contributed by atoms with Crippen LogP contribution in [-0.2, 0) is 27.8 Å². The summed E-state index contributed by atoms with van der Waals surface area (Å²) in [5.41, 5.74) is 3.30. The van der Waals surface area contributed by atoms with Gasteiger partial charge >= 0.3 is 0 Å². The first-order valence-corrected chi connectivity index (χ1v) is 9.36. The largest absolute Gasteiger partial charge is 0.376 e. The number of hydrogen-bond donors (Lipinski definition) is 1. The predicted molar refractivity (Wildman–Crippen MR) is 95.1 cm³/mol. The molecule has 0 atom stereocenters. The lowest BCUT2D eigenvalue weighted by atomic mass is 10.0. The number of rotatable bonds is 4. The zero-order valence-corrected chi connectivity index (χ0v) is 15.0. The first-order chi connectivity index (χ1) is 11.9. The lowest BCUT2D eigenvalue weighted by Gasteiger charge is -2.20. The number of ether oxygens (including phenoxy) is 1. The average Bonchev–Trinajstić information content (AvgIpc) is 2.62. The van der Waals surface area contributed by atoms with Gasteiger partial charge in [0.15, 0.2) is 0 Å².